The van der Waals surface area contributed by atoms with Gasteiger partial charge in [-0.05, 0) is 31.2 Å². The summed E-state index contributed by atoms with van der Waals surface area (Å²) in [5.41, 5.74) is 0.285. The van der Waals surface area contributed by atoms with Crippen LogP contribution in [0, 0.1) is 24.1 Å². The number of rotatable bonds is 5. The number of sulfonamides is 1. The van der Waals surface area contributed by atoms with Gasteiger partial charge in [0.1, 0.15) is 6.54 Å². The largest absolute Gasteiger partial charge is 0.494 e. The van der Waals surface area contributed by atoms with Gasteiger partial charge in [0.2, 0.25) is 0 Å². The van der Waals surface area contributed by atoms with Gasteiger partial charge in [-0.1, -0.05) is 18.2 Å². The molecule has 0 saturated carbocycles. The summed E-state index contributed by atoms with van der Waals surface area (Å²) in [6.07, 6.45) is 0. The molecule has 0 unspecified atom stereocenters. The first-order chi connectivity index (χ1) is 10.9. The van der Waals surface area contributed by atoms with E-state index in [9.17, 15) is 12.8 Å². The first-order valence-electron chi connectivity index (χ1n) is 6.71. The van der Waals surface area contributed by atoms with Gasteiger partial charge in [-0.25, -0.2) is 12.8 Å². The number of benzene rings is 2. The summed E-state index contributed by atoms with van der Waals surface area (Å²) in [6.45, 7) is 0.986. The Morgan fingerprint density at radius 2 is 1.87 bits per heavy atom. The normalized spacial score (nSPS) is 10.9. The molecule has 0 atom stereocenters. The molecule has 0 aromatic heterocycles. The fraction of sp³-hybridized carbons (Fsp3) is 0.188. The zero-order valence-corrected chi connectivity index (χ0v) is 13.5. The molecule has 5 nitrogen and oxygen atoms in total. The average Bonchev–Trinajstić information content (AvgIpc) is 2.55. The van der Waals surface area contributed by atoms with E-state index in [4.69, 9.17) is 10.00 Å². The van der Waals surface area contributed by atoms with Crippen LogP contribution in [0.5, 0.6) is 5.75 Å². The van der Waals surface area contributed by atoms with E-state index in [1.165, 1.54) is 26.2 Å². The van der Waals surface area contributed by atoms with Crippen LogP contribution in [0.1, 0.15) is 5.56 Å². The zero-order valence-electron chi connectivity index (χ0n) is 12.7. The summed E-state index contributed by atoms with van der Waals surface area (Å²) in [6, 6.07) is 12.6. The minimum absolute atomic E-state index is 0.0343. The Balaban J connectivity index is 2.60. The SMILES string of the molecule is COc1ccc(S(=O)(=O)N(CC#N)c2ccccc2)c(C)c1F. The summed E-state index contributed by atoms with van der Waals surface area (Å²) in [5, 5.41) is 8.96. The summed E-state index contributed by atoms with van der Waals surface area (Å²) in [4.78, 5) is -0.199. The molecule has 2 aromatic rings. The molecule has 0 aliphatic heterocycles. The highest BCUT2D eigenvalue weighted by Gasteiger charge is 2.28. The third kappa shape index (κ3) is 3.12. The number of methoxy groups -OCH3 is 1. The van der Waals surface area contributed by atoms with Gasteiger partial charge in [0.15, 0.2) is 11.6 Å². The molecule has 2 rings (SSSR count). The number of anilines is 1. The van der Waals surface area contributed by atoms with Crippen LogP contribution in [0.2, 0.25) is 0 Å². The van der Waals surface area contributed by atoms with Crippen LogP contribution in [0.25, 0.3) is 0 Å². The highest BCUT2D eigenvalue weighted by Crippen LogP contribution is 2.30. The second-order valence-corrected chi connectivity index (χ2v) is 6.54. The molecule has 0 saturated heterocycles. The Hall–Kier alpha value is -2.59. The maximum atomic E-state index is 14.2. The van der Waals surface area contributed by atoms with Crippen LogP contribution in [0.4, 0.5) is 10.1 Å². The van der Waals surface area contributed by atoms with E-state index < -0.39 is 15.8 Å². The molecule has 0 heterocycles. The fourth-order valence-electron chi connectivity index (χ4n) is 2.17. The lowest BCUT2D eigenvalue weighted by molar-refractivity contribution is 0.384. The maximum Gasteiger partial charge on any atom is 0.265 e. The van der Waals surface area contributed by atoms with Crippen molar-refractivity contribution < 1.29 is 17.5 Å². The van der Waals surface area contributed by atoms with Crippen molar-refractivity contribution in [2.24, 2.45) is 0 Å². The predicted molar refractivity (Wildman–Crippen MR) is 84.3 cm³/mol. The van der Waals surface area contributed by atoms with Crippen LogP contribution in [0.3, 0.4) is 0 Å². The van der Waals surface area contributed by atoms with Crippen LogP contribution >= 0.6 is 0 Å². The van der Waals surface area contributed by atoms with Crippen LogP contribution < -0.4 is 9.04 Å². The second-order valence-electron chi connectivity index (χ2n) is 4.71. The number of nitriles is 1. The van der Waals surface area contributed by atoms with Gasteiger partial charge in [0.25, 0.3) is 10.0 Å². The molecule has 0 N–H and O–H groups in total. The first-order valence-corrected chi connectivity index (χ1v) is 8.15. The van der Waals surface area contributed by atoms with Crippen molar-refractivity contribution in [1.29, 1.82) is 5.26 Å². The summed E-state index contributed by atoms with van der Waals surface area (Å²) in [7, 11) is -2.78. The Morgan fingerprint density at radius 1 is 1.22 bits per heavy atom. The molecule has 23 heavy (non-hydrogen) atoms. The standard InChI is InChI=1S/C16H15FN2O3S/c1-12-15(9-8-14(22-2)16(12)17)23(20,21)19(11-10-18)13-6-4-3-5-7-13/h3-9H,11H2,1-2H3. The number of hydrogen-bond acceptors (Lipinski definition) is 4. The molecular weight excluding hydrogens is 319 g/mol. The van der Waals surface area contributed by atoms with Gasteiger partial charge in [-0.15, -0.1) is 0 Å². The molecule has 0 fully saturated rings. The van der Waals surface area contributed by atoms with E-state index in [1.807, 2.05) is 6.07 Å². The Labute approximate surface area is 134 Å². The molecule has 0 aliphatic rings. The lowest BCUT2D eigenvalue weighted by Crippen LogP contribution is -2.32. The highest BCUT2D eigenvalue weighted by molar-refractivity contribution is 7.92. The van der Waals surface area contributed by atoms with Gasteiger partial charge in [-0.3, -0.25) is 4.31 Å². The summed E-state index contributed by atoms with van der Waals surface area (Å²) < 4.78 is 45.7. The summed E-state index contributed by atoms with van der Waals surface area (Å²) >= 11 is 0. The number of halogens is 1. The van der Waals surface area contributed by atoms with Crippen LogP contribution in [-0.4, -0.2) is 22.1 Å². The van der Waals surface area contributed by atoms with Crippen LogP contribution in [-0.2, 0) is 10.0 Å². The monoisotopic (exact) mass is 334 g/mol. The van der Waals surface area contributed by atoms with Crippen molar-refractivity contribution >= 4 is 15.7 Å². The molecule has 0 bridgehead atoms. The highest BCUT2D eigenvalue weighted by atomic mass is 32.2. The molecule has 0 spiro atoms. The number of para-hydroxylation sites is 1. The summed E-state index contributed by atoms with van der Waals surface area (Å²) in [5.74, 6) is -0.772. The fourth-order valence-corrected chi connectivity index (χ4v) is 3.75. The van der Waals surface area contributed by atoms with Crippen molar-refractivity contribution in [3.63, 3.8) is 0 Å². The minimum atomic E-state index is -4.08. The molecule has 120 valence electrons. The predicted octanol–water partition coefficient (Wildman–Crippen LogP) is 2.86. The first kappa shape index (κ1) is 16.8. The van der Waals surface area contributed by atoms with Gasteiger partial charge in [0, 0.05) is 5.56 Å². The number of hydrogen-bond donors (Lipinski definition) is 0. The van der Waals surface area contributed by atoms with E-state index in [0.29, 0.717) is 5.69 Å². The smallest absolute Gasteiger partial charge is 0.265 e. The van der Waals surface area contributed by atoms with Gasteiger partial charge in [0.05, 0.1) is 23.8 Å². The molecule has 0 aliphatic carbocycles. The van der Waals surface area contributed by atoms with Gasteiger partial charge < -0.3 is 4.74 Å². The lowest BCUT2D eigenvalue weighted by atomic mass is 10.2. The third-order valence-electron chi connectivity index (χ3n) is 3.35. The van der Waals surface area contributed by atoms with E-state index in [-0.39, 0.29) is 22.8 Å². The maximum absolute atomic E-state index is 14.2. The number of ether oxygens (including phenoxy) is 1. The van der Waals surface area contributed by atoms with E-state index in [2.05, 4.69) is 0 Å². The van der Waals surface area contributed by atoms with Gasteiger partial charge in [-0.2, -0.15) is 5.26 Å². The topological polar surface area (TPSA) is 70.4 Å². The Bertz CT molecular complexity index is 846. The van der Waals surface area contributed by atoms with Crippen molar-refractivity contribution in [3.8, 4) is 11.8 Å². The van der Waals surface area contributed by atoms with Crippen LogP contribution in [0.15, 0.2) is 47.4 Å². The van der Waals surface area contributed by atoms with E-state index >= 15 is 0 Å². The zero-order chi connectivity index (χ0) is 17.0. The molecule has 0 amide bonds. The van der Waals surface area contributed by atoms with E-state index in [0.717, 1.165) is 4.31 Å². The third-order valence-corrected chi connectivity index (χ3v) is 5.27. The Morgan fingerprint density at radius 3 is 2.43 bits per heavy atom. The molecular formula is C16H15FN2O3S. The van der Waals surface area contributed by atoms with E-state index in [1.54, 1.807) is 30.3 Å². The average molecular weight is 334 g/mol. The van der Waals surface area contributed by atoms with Crippen molar-refractivity contribution in [2.45, 2.75) is 11.8 Å². The quantitative estimate of drug-likeness (QED) is 0.788. The molecule has 2 aromatic carbocycles. The second kappa shape index (κ2) is 6.67. The molecule has 0 radical (unpaired) electrons. The minimum Gasteiger partial charge on any atom is -0.494 e. The van der Waals surface area contributed by atoms with Crippen molar-refractivity contribution in [2.75, 3.05) is 18.0 Å². The Kier molecular flexibility index (Phi) is 4.86. The number of nitrogens with zero attached hydrogens (tertiary/aromatic N) is 2. The van der Waals surface area contributed by atoms with Gasteiger partial charge >= 0.3 is 0 Å². The van der Waals surface area contributed by atoms with Crippen molar-refractivity contribution in [3.05, 3.63) is 53.8 Å². The lowest BCUT2D eigenvalue weighted by Gasteiger charge is -2.23. The van der Waals surface area contributed by atoms with Crippen molar-refractivity contribution in [1.82, 2.24) is 0 Å². The molecule has 7 heteroatoms.